The highest BCUT2D eigenvalue weighted by Gasteiger charge is 2.22. The molecule has 2 N–H and O–H groups in total. The number of quaternary nitrogens is 2. The van der Waals surface area contributed by atoms with Gasteiger partial charge >= 0.3 is 0 Å². The van der Waals surface area contributed by atoms with Gasteiger partial charge in [-0.15, -0.1) is 0 Å². The van der Waals surface area contributed by atoms with E-state index in [4.69, 9.17) is 0 Å². The van der Waals surface area contributed by atoms with Crippen LogP contribution >= 0.6 is 0 Å². The van der Waals surface area contributed by atoms with Gasteiger partial charge in [-0.3, -0.25) is 0 Å². The highest BCUT2D eigenvalue weighted by atomic mass is 19.1. The Hall–Kier alpha value is -1.97. The molecule has 120 valence electrons. The van der Waals surface area contributed by atoms with Crippen molar-refractivity contribution in [1.82, 2.24) is 0 Å². The van der Waals surface area contributed by atoms with Crippen LogP contribution in [0.3, 0.4) is 0 Å². The number of piperazine rings is 1. The van der Waals surface area contributed by atoms with E-state index in [1.54, 1.807) is 17.0 Å². The molecule has 0 atom stereocenters. The van der Waals surface area contributed by atoms with E-state index in [1.807, 2.05) is 18.2 Å². The van der Waals surface area contributed by atoms with Crippen LogP contribution in [0.1, 0.15) is 11.1 Å². The summed E-state index contributed by atoms with van der Waals surface area (Å²) in [6, 6.07) is 17.6. The Morgan fingerprint density at radius 3 is 2.22 bits per heavy atom. The summed E-state index contributed by atoms with van der Waals surface area (Å²) in [6.45, 7) is 6.42. The van der Waals surface area contributed by atoms with Gasteiger partial charge in [-0.1, -0.05) is 54.6 Å². The molecule has 0 amide bonds. The van der Waals surface area contributed by atoms with Crippen molar-refractivity contribution in [3.05, 3.63) is 77.6 Å². The largest absolute Gasteiger partial charge is 0.322 e. The smallest absolute Gasteiger partial charge is 0.132 e. The van der Waals surface area contributed by atoms with Crippen LogP contribution in [0.5, 0.6) is 0 Å². The van der Waals surface area contributed by atoms with Crippen molar-refractivity contribution in [3.63, 3.8) is 0 Å². The predicted octanol–water partition coefficient (Wildman–Crippen LogP) is 0.823. The lowest BCUT2D eigenvalue weighted by molar-refractivity contribution is -1.02. The van der Waals surface area contributed by atoms with Crippen LogP contribution in [0.15, 0.2) is 60.7 Å². The third-order valence-electron chi connectivity index (χ3n) is 4.58. The van der Waals surface area contributed by atoms with Crippen LogP contribution in [0.25, 0.3) is 6.08 Å². The highest BCUT2D eigenvalue weighted by molar-refractivity contribution is 5.48. The van der Waals surface area contributed by atoms with Gasteiger partial charge in [-0.05, 0) is 17.7 Å². The van der Waals surface area contributed by atoms with Gasteiger partial charge in [0.05, 0.1) is 6.54 Å². The maximum atomic E-state index is 13.7. The van der Waals surface area contributed by atoms with E-state index >= 15 is 0 Å². The van der Waals surface area contributed by atoms with Gasteiger partial charge in [0.25, 0.3) is 0 Å². The second kappa shape index (κ2) is 8.04. The van der Waals surface area contributed by atoms with E-state index in [2.05, 4.69) is 36.4 Å². The predicted molar refractivity (Wildman–Crippen MR) is 91.8 cm³/mol. The number of hydrogen-bond donors (Lipinski definition) is 2. The molecule has 0 aliphatic carbocycles. The standard InChI is InChI=1S/C20H23FN2/c21-20-11-5-4-10-19(20)17-23-15-13-22(14-16-23)12-6-9-18-7-2-1-3-8-18/h1-11H,12-17H2/p+2/b9-6+. The molecule has 1 aliphatic rings. The quantitative estimate of drug-likeness (QED) is 0.809. The molecule has 0 unspecified atom stereocenters. The zero-order valence-electron chi connectivity index (χ0n) is 13.5. The van der Waals surface area contributed by atoms with Crippen molar-refractivity contribution in [1.29, 1.82) is 0 Å². The molecule has 2 nitrogen and oxygen atoms in total. The number of halogens is 1. The minimum atomic E-state index is -0.0689. The summed E-state index contributed by atoms with van der Waals surface area (Å²) in [6.07, 6.45) is 4.47. The van der Waals surface area contributed by atoms with Crippen LogP contribution in [0.2, 0.25) is 0 Å². The summed E-state index contributed by atoms with van der Waals surface area (Å²) < 4.78 is 13.7. The SMILES string of the molecule is Fc1ccccc1C[NH+]1CC[NH+](C/C=C/c2ccccc2)CC1. The van der Waals surface area contributed by atoms with Crippen molar-refractivity contribution >= 4 is 6.08 Å². The fourth-order valence-electron chi connectivity index (χ4n) is 3.17. The third-order valence-corrected chi connectivity index (χ3v) is 4.58. The van der Waals surface area contributed by atoms with E-state index in [-0.39, 0.29) is 5.82 Å². The topological polar surface area (TPSA) is 8.88 Å². The Kier molecular flexibility index (Phi) is 5.56. The molecule has 1 fully saturated rings. The zero-order valence-corrected chi connectivity index (χ0v) is 13.5. The van der Waals surface area contributed by atoms with Gasteiger partial charge in [0.1, 0.15) is 38.5 Å². The molecule has 1 heterocycles. The number of benzene rings is 2. The Balaban J connectivity index is 1.44. The molecule has 3 rings (SSSR count). The van der Waals surface area contributed by atoms with Crippen LogP contribution in [-0.2, 0) is 6.54 Å². The van der Waals surface area contributed by atoms with E-state index in [1.165, 1.54) is 10.5 Å². The van der Waals surface area contributed by atoms with Crippen LogP contribution in [0, 0.1) is 5.82 Å². The Morgan fingerprint density at radius 2 is 1.48 bits per heavy atom. The number of nitrogens with one attached hydrogen (secondary N) is 2. The summed E-state index contributed by atoms with van der Waals surface area (Å²) >= 11 is 0. The molecule has 0 saturated carbocycles. The van der Waals surface area contributed by atoms with Crippen molar-refractivity contribution in [2.24, 2.45) is 0 Å². The summed E-state index contributed by atoms with van der Waals surface area (Å²) in [4.78, 5) is 3.11. The first-order chi connectivity index (χ1) is 11.3. The van der Waals surface area contributed by atoms with E-state index in [9.17, 15) is 4.39 Å². The van der Waals surface area contributed by atoms with Gasteiger partial charge in [0.2, 0.25) is 0 Å². The van der Waals surface area contributed by atoms with Crippen LogP contribution < -0.4 is 9.80 Å². The maximum Gasteiger partial charge on any atom is 0.132 e. The van der Waals surface area contributed by atoms with Crippen molar-refractivity contribution in [2.75, 3.05) is 32.7 Å². The molecule has 2 aromatic carbocycles. The lowest BCUT2D eigenvalue weighted by atomic mass is 10.2. The minimum Gasteiger partial charge on any atom is -0.322 e. The summed E-state index contributed by atoms with van der Waals surface area (Å²) in [7, 11) is 0. The summed E-state index contributed by atoms with van der Waals surface area (Å²) in [5.41, 5.74) is 2.10. The molecule has 3 heteroatoms. The zero-order chi connectivity index (χ0) is 15.9. The average Bonchev–Trinajstić information content (AvgIpc) is 2.59. The minimum absolute atomic E-state index is 0.0689. The van der Waals surface area contributed by atoms with Crippen LogP contribution in [-0.4, -0.2) is 32.7 Å². The molecule has 2 aromatic rings. The van der Waals surface area contributed by atoms with Crippen LogP contribution in [0.4, 0.5) is 4.39 Å². The van der Waals surface area contributed by atoms with Gasteiger partial charge in [-0.2, -0.15) is 0 Å². The first-order valence-corrected chi connectivity index (χ1v) is 8.43. The Morgan fingerprint density at radius 1 is 0.826 bits per heavy atom. The number of rotatable bonds is 5. The summed E-state index contributed by atoms with van der Waals surface area (Å²) in [5, 5.41) is 0. The number of hydrogen-bond acceptors (Lipinski definition) is 0. The molecule has 0 radical (unpaired) electrons. The van der Waals surface area contributed by atoms with E-state index in [0.29, 0.717) is 0 Å². The first kappa shape index (κ1) is 15.9. The molecular weight excluding hydrogens is 287 g/mol. The normalized spacial score (nSPS) is 21.6. The third kappa shape index (κ3) is 4.75. The summed E-state index contributed by atoms with van der Waals surface area (Å²) in [5.74, 6) is -0.0689. The van der Waals surface area contributed by atoms with Crippen molar-refractivity contribution in [3.8, 4) is 0 Å². The molecule has 1 saturated heterocycles. The van der Waals surface area contributed by atoms with Gasteiger partial charge in [0.15, 0.2) is 0 Å². The molecular formula is C20H25FN2+2. The highest BCUT2D eigenvalue weighted by Crippen LogP contribution is 2.04. The fourth-order valence-corrected chi connectivity index (χ4v) is 3.17. The molecule has 0 spiro atoms. The van der Waals surface area contributed by atoms with E-state index < -0.39 is 0 Å². The van der Waals surface area contributed by atoms with Gasteiger partial charge < -0.3 is 9.80 Å². The Bertz CT molecular complexity index is 631. The van der Waals surface area contributed by atoms with E-state index in [0.717, 1.165) is 44.8 Å². The molecule has 23 heavy (non-hydrogen) atoms. The monoisotopic (exact) mass is 312 g/mol. The van der Waals surface area contributed by atoms with Gasteiger partial charge in [0, 0.05) is 5.56 Å². The van der Waals surface area contributed by atoms with Crippen molar-refractivity contribution < 1.29 is 14.2 Å². The second-order valence-electron chi connectivity index (χ2n) is 6.29. The van der Waals surface area contributed by atoms with Gasteiger partial charge in [-0.25, -0.2) is 4.39 Å². The molecule has 0 aromatic heterocycles. The fraction of sp³-hybridized carbons (Fsp3) is 0.300. The lowest BCUT2D eigenvalue weighted by Crippen LogP contribution is -3.27. The maximum absolute atomic E-state index is 13.7. The second-order valence-corrected chi connectivity index (χ2v) is 6.29. The lowest BCUT2D eigenvalue weighted by Gasteiger charge is -2.29. The molecule has 0 bridgehead atoms. The average molecular weight is 312 g/mol. The molecule has 1 aliphatic heterocycles. The van der Waals surface area contributed by atoms with Crippen molar-refractivity contribution in [2.45, 2.75) is 6.54 Å². The Labute approximate surface area is 137 Å². The first-order valence-electron chi connectivity index (χ1n) is 8.43.